The standard InChI is InChI=1S/C16H23ClN5O5P/c1-3-26-28(25,27-4-2)6-16-5-8(16)10(11(23)12(16)24)22-7-19-9-13(18)20-15(17)21-14(9)22/h7-8,10-12,23-24H,3-6H2,1-2H3,(H2,18,20,21)/t8-,10-,11+,12+,16-/m1/s1. The molecule has 0 aliphatic heterocycles. The second-order valence-corrected chi connectivity index (χ2v) is 9.67. The van der Waals surface area contributed by atoms with Crippen LogP contribution >= 0.6 is 19.2 Å². The van der Waals surface area contributed by atoms with E-state index in [0.717, 1.165) is 0 Å². The van der Waals surface area contributed by atoms with Crippen LogP contribution in [0.3, 0.4) is 0 Å². The van der Waals surface area contributed by atoms with E-state index in [1.54, 1.807) is 18.4 Å². The third kappa shape index (κ3) is 2.94. The van der Waals surface area contributed by atoms with Gasteiger partial charge in [0.05, 0.1) is 37.8 Å². The van der Waals surface area contributed by atoms with E-state index in [9.17, 15) is 14.8 Å². The number of aliphatic hydroxyl groups excluding tert-OH is 2. The van der Waals surface area contributed by atoms with Crippen LogP contribution in [-0.4, -0.2) is 61.3 Å². The van der Waals surface area contributed by atoms with Gasteiger partial charge in [0, 0.05) is 5.41 Å². The van der Waals surface area contributed by atoms with Crippen LogP contribution in [0.25, 0.3) is 11.2 Å². The Morgan fingerprint density at radius 2 is 2.04 bits per heavy atom. The van der Waals surface area contributed by atoms with Crippen molar-refractivity contribution in [1.82, 2.24) is 19.5 Å². The first-order valence-corrected chi connectivity index (χ1v) is 11.3. The van der Waals surface area contributed by atoms with E-state index in [4.69, 9.17) is 26.4 Å². The predicted octanol–water partition coefficient (Wildman–Crippen LogP) is 1.61. The Morgan fingerprint density at radius 3 is 2.68 bits per heavy atom. The number of nitrogen functional groups attached to an aromatic ring is 1. The lowest BCUT2D eigenvalue weighted by molar-refractivity contribution is -0.0141. The molecule has 2 fully saturated rings. The molecule has 10 nitrogen and oxygen atoms in total. The Balaban J connectivity index is 1.69. The molecule has 0 bridgehead atoms. The van der Waals surface area contributed by atoms with Crippen molar-refractivity contribution in [2.45, 2.75) is 38.5 Å². The number of hydrogen-bond acceptors (Lipinski definition) is 9. The quantitative estimate of drug-likeness (QED) is 0.439. The molecule has 0 aromatic carbocycles. The van der Waals surface area contributed by atoms with Crippen molar-refractivity contribution in [1.29, 1.82) is 0 Å². The van der Waals surface area contributed by atoms with E-state index < -0.39 is 31.3 Å². The Bertz CT molecular complexity index is 947. The second kappa shape index (κ2) is 6.90. The molecule has 12 heteroatoms. The fourth-order valence-electron chi connectivity index (χ4n) is 4.56. The normalized spacial score (nSPS) is 32.0. The maximum atomic E-state index is 13.0. The van der Waals surface area contributed by atoms with E-state index in [-0.39, 0.29) is 36.4 Å². The summed E-state index contributed by atoms with van der Waals surface area (Å²) in [5.41, 5.74) is 5.87. The van der Waals surface area contributed by atoms with Crippen LogP contribution in [-0.2, 0) is 13.6 Å². The number of rotatable bonds is 7. The lowest BCUT2D eigenvalue weighted by atomic mass is 10.0. The first-order chi connectivity index (χ1) is 13.3. The Morgan fingerprint density at radius 1 is 1.36 bits per heavy atom. The molecule has 0 saturated heterocycles. The van der Waals surface area contributed by atoms with E-state index in [1.807, 2.05) is 0 Å². The topological polar surface area (TPSA) is 146 Å². The molecule has 2 aromatic rings. The van der Waals surface area contributed by atoms with Gasteiger partial charge in [-0.25, -0.2) is 4.98 Å². The van der Waals surface area contributed by atoms with Crippen molar-refractivity contribution in [3.8, 4) is 0 Å². The maximum Gasteiger partial charge on any atom is 0.331 e. The van der Waals surface area contributed by atoms with Gasteiger partial charge in [-0.1, -0.05) is 0 Å². The molecule has 2 saturated carbocycles. The van der Waals surface area contributed by atoms with Gasteiger partial charge in [0.2, 0.25) is 5.28 Å². The number of hydrogen-bond donors (Lipinski definition) is 3. The van der Waals surface area contributed by atoms with Crippen molar-refractivity contribution in [2.24, 2.45) is 11.3 Å². The molecule has 4 rings (SSSR count). The van der Waals surface area contributed by atoms with Crippen LogP contribution in [0, 0.1) is 11.3 Å². The lowest BCUT2D eigenvalue weighted by Gasteiger charge is -2.26. The zero-order valence-electron chi connectivity index (χ0n) is 15.5. The first kappa shape index (κ1) is 20.0. The van der Waals surface area contributed by atoms with Gasteiger partial charge in [0.15, 0.2) is 11.5 Å². The van der Waals surface area contributed by atoms with Crippen molar-refractivity contribution in [3.63, 3.8) is 0 Å². The van der Waals surface area contributed by atoms with Crippen molar-refractivity contribution < 1.29 is 23.8 Å². The Labute approximate surface area is 166 Å². The van der Waals surface area contributed by atoms with E-state index in [1.165, 1.54) is 6.33 Å². The van der Waals surface area contributed by atoms with Gasteiger partial charge < -0.3 is 29.6 Å². The molecule has 0 unspecified atom stereocenters. The largest absolute Gasteiger partial charge is 0.390 e. The number of nitrogens with zero attached hydrogens (tertiary/aromatic N) is 4. The minimum atomic E-state index is -3.39. The highest BCUT2D eigenvalue weighted by Crippen LogP contribution is 2.73. The average molecular weight is 432 g/mol. The van der Waals surface area contributed by atoms with Gasteiger partial charge in [-0.15, -0.1) is 0 Å². The number of aromatic nitrogens is 4. The van der Waals surface area contributed by atoms with Crippen molar-refractivity contribution in [3.05, 3.63) is 11.6 Å². The third-order valence-corrected chi connectivity index (χ3v) is 8.18. The summed E-state index contributed by atoms with van der Waals surface area (Å²) in [6.45, 7) is 3.95. The monoisotopic (exact) mass is 431 g/mol. The number of halogens is 1. The van der Waals surface area contributed by atoms with Gasteiger partial charge in [0.1, 0.15) is 11.6 Å². The van der Waals surface area contributed by atoms with E-state index in [0.29, 0.717) is 17.6 Å². The van der Waals surface area contributed by atoms with E-state index >= 15 is 0 Å². The molecule has 2 heterocycles. The number of fused-ring (bicyclic) bond motifs is 2. The highest BCUT2D eigenvalue weighted by molar-refractivity contribution is 7.53. The summed E-state index contributed by atoms with van der Waals surface area (Å²) in [6.07, 6.45) is -0.0441. The van der Waals surface area contributed by atoms with Crippen molar-refractivity contribution in [2.75, 3.05) is 25.1 Å². The Kier molecular flexibility index (Phi) is 4.93. The summed E-state index contributed by atoms with van der Waals surface area (Å²) in [4.78, 5) is 12.3. The summed E-state index contributed by atoms with van der Waals surface area (Å²) in [5, 5.41) is 21.6. The number of anilines is 1. The number of nitrogens with two attached hydrogens (primary N) is 1. The van der Waals surface area contributed by atoms with Crippen LogP contribution in [0.5, 0.6) is 0 Å². The second-order valence-electron chi connectivity index (χ2n) is 7.28. The van der Waals surface area contributed by atoms with Gasteiger partial charge in [-0.2, -0.15) is 9.97 Å². The summed E-state index contributed by atoms with van der Waals surface area (Å²) < 4.78 is 25.5. The molecule has 5 atom stereocenters. The highest BCUT2D eigenvalue weighted by Gasteiger charge is 2.73. The third-order valence-electron chi connectivity index (χ3n) is 5.73. The Hall–Kier alpha value is -1.29. The highest BCUT2D eigenvalue weighted by atomic mass is 35.5. The molecule has 2 aromatic heterocycles. The van der Waals surface area contributed by atoms with Gasteiger partial charge in [-0.3, -0.25) is 4.57 Å². The molecule has 154 valence electrons. The maximum absolute atomic E-state index is 13.0. The summed E-state index contributed by atoms with van der Waals surface area (Å²) in [7, 11) is -3.39. The molecule has 0 spiro atoms. The molecule has 0 amide bonds. The summed E-state index contributed by atoms with van der Waals surface area (Å²) in [6, 6.07) is -0.512. The predicted molar refractivity (Wildman–Crippen MR) is 102 cm³/mol. The molecular weight excluding hydrogens is 409 g/mol. The zero-order valence-corrected chi connectivity index (χ0v) is 17.2. The van der Waals surface area contributed by atoms with Crippen LogP contribution in [0.2, 0.25) is 5.28 Å². The molecule has 2 aliphatic carbocycles. The molecule has 0 radical (unpaired) electrons. The summed E-state index contributed by atoms with van der Waals surface area (Å²) >= 11 is 5.93. The fourth-order valence-corrected chi connectivity index (χ4v) is 7.05. The van der Waals surface area contributed by atoms with Gasteiger partial charge in [-0.05, 0) is 37.8 Å². The van der Waals surface area contributed by atoms with E-state index in [2.05, 4.69) is 15.0 Å². The molecule has 4 N–H and O–H groups in total. The number of aliphatic hydroxyl groups is 2. The minimum absolute atomic E-state index is 0.0287. The lowest BCUT2D eigenvalue weighted by Crippen LogP contribution is -2.35. The van der Waals surface area contributed by atoms with Gasteiger partial charge >= 0.3 is 7.60 Å². The summed E-state index contributed by atoms with van der Waals surface area (Å²) in [5.74, 6) is 0.000130. The smallest absolute Gasteiger partial charge is 0.331 e. The molecule has 28 heavy (non-hydrogen) atoms. The van der Waals surface area contributed by atoms with Crippen molar-refractivity contribution >= 4 is 36.2 Å². The van der Waals surface area contributed by atoms with Crippen LogP contribution in [0.4, 0.5) is 5.82 Å². The number of imidazole rings is 1. The molecule has 2 aliphatic rings. The van der Waals surface area contributed by atoms with Gasteiger partial charge in [0.25, 0.3) is 0 Å². The van der Waals surface area contributed by atoms with Crippen LogP contribution in [0.1, 0.15) is 26.3 Å². The zero-order chi connectivity index (χ0) is 20.3. The van der Waals surface area contributed by atoms with Crippen LogP contribution < -0.4 is 5.73 Å². The fraction of sp³-hybridized carbons (Fsp3) is 0.688. The minimum Gasteiger partial charge on any atom is -0.390 e. The van der Waals surface area contributed by atoms with Crippen LogP contribution in [0.15, 0.2) is 6.33 Å². The SMILES string of the molecule is CCOP(=O)(C[C@]12C[C@@H]1[C@@H](n1cnc3c(N)nc(Cl)nc31)[C@H](O)[C@@H]2O)OCC. The first-order valence-electron chi connectivity index (χ1n) is 9.16. The average Bonchev–Trinajstić information content (AvgIpc) is 3.08. The molecular formula is C16H23ClN5O5P.